The van der Waals surface area contributed by atoms with Crippen LogP contribution in [0, 0.1) is 5.92 Å². The summed E-state index contributed by atoms with van der Waals surface area (Å²) in [4.78, 5) is 10.0. The molecule has 0 radical (unpaired) electrons. The molecule has 21 heavy (non-hydrogen) atoms. The van der Waals surface area contributed by atoms with Crippen molar-refractivity contribution in [3.05, 3.63) is 17.7 Å². The van der Waals surface area contributed by atoms with Gasteiger partial charge in [-0.2, -0.15) is 0 Å². The van der Waals surface area contributed by atoms with Crippen LogP contribution in [0.1, 0.15) is 43.6 Å². The number of aromatic nitrogens is 2. The molecule has 2 heterocycles. The number of hydrogen-bond donors (Lipinski definition) is 1. The number of H-pyrrole nitrogens is 1. The van der Waals surface area contributed by atoms with Crippen molar-refractivity contribution >= 4 is 9.84 Å². The molecule has 1 saturated heterocycles. The molecule has 3 rings (SSSR count). The zero-order valence-electron chi connectivity index (χ0n) is 12.7. The maximum absolute atomic E-state index is 11.5. The average Bonchev–Trinajstić information content (AvgIpc) is 3.12. The Balaban J connectivity index is 1.54. The Morgan fingerprint density at radius 1 is 1.33 bits per heavy atom. The highest BCUT2D eigenvalue weighted by molar-refractivity contribution is 7.91. The highest BCUT2D eigenvalue weighted by atomic mass is 32.2. The molecule has 0 unspecified atom stereocenters. The van der Waals surface area contributed by atoms with Crippen LogP contribution in [0.15, 0.2) is 6.20 Å². The first-order valence-electron chi connectivity index (χ1n) is 7.95. The first kappa shape index (κ1) is 15.0. The lowest BCUT2D eigenvalue weighted by Gasteiger charge is -2.22. The number of rotatable bonds is 5. The topological polar surface area (TPSA) is 66.1 Å². The van der Waals surface area contributed by atoms with Gasteiger partial charge in [-0.15, -0.1) is 0 Å². The summed E-state index contributed by atoms with van der Waals surface area (Å²) < 4.78 is 23.1. The molecule has 1 aliphatic carbocycles. The van der Waals surface area contributed by atoms with Crippen LogP contribution in [0.5, 0.6) is 0 Å². The molecular formula is C15H25N3O2S. The molecule has 5 nitrogen and oxygen atoms in total. The van der Waals surface area contributed by atoms with Crippen LogP contribution in [-0.4, -0.2) is 47.9 Å². The van der Waals surface area contributed by atoms with E-state index in [4.69, 9.17) is 0 Å². The standard InChI is InChI=1S/C15H25N3O2S/c1-18(14-6-7-21(19,20)11-14)10-13-9-16-15(17-13)8-12-4-2-3-5-12/h9,12,14H,2-8,10-11H2,1H3,(H,16,17)/t14-/m1/s1. The number of nitrogens with one attached hydrogen (secondary N) is 1. The van der Waals surface area contributed by atoms with Crippen molar-refractivity contribution < 1.29 is 8.42 Å². The lowest BCUT2D eigenvalue weighted by atomic mass is 10.0. The number of aromatic amines is 1. The molecule has 0 amide bonds. The van der Waals surface area contributed by atoms with Gasteiger partial charge in [0.2, 0.25) is 0 Å². The van der Waals surface area contributed by atoms with Gasteiger partial charge in [0.25, 0.3) is 0 Å². The lowest BCUT2D eigenvalue weighted by molar-refractivity contribution is 0.251. The number of nitrogens with zero attached hydrogens (tertiary/aromatic N) is 2. The summed E-state index contributed by atoms with van der Waals surface area (Å²) in [5, 5.41) is 0. The van der Waals surface area contributed by atoms with Crippen molar-refractivity contribution in [1.29, 1.82) is 0 Å². The SMILES string of the molecule is CN(Cc1cnc(CC2CCCC2)[nH]1)[C@@H]1CCS(=O)(=O)C1. The van der Waals surface area contributed by atoms with Crippen molar-refractivity contribution in [2.24, 2.45) is 5.92 Å². The highest BCUT2D eigenvalue weighted by Gasteiger charge is 2.30. The lowest BCUT2D eigenvalue weighted by Crippen LogP contribution is -2.32. The fourth-order valence-corrected chi connectivity index (χ4v) is 5.40. The molecule has 6 heteroatoms. The number of imidazole rings is 1. The van der Waals surface area contributed by atoms with E-state index in [1.165, 1.54) is 25.7 Å². The van der Waals surface area contributed by atoms with Gasteiger partial charge < -0.3 is 4.98 Å². The Bertz CT molecular complexity index is 575. The van der Waals surface area contributed by atoms with Crippen molar-refractivity contribution in [3.8, 4) is 0 Å². The summed E-state index contributed by atoms with van der Waals surface area (Å²) in [6.07, 6.45) is 9.09. The van der Waals surface area contributed by atoms with Gasteiger partial charge >= 0.3 is 0 Å². The normalized spacial score (nSPS) is 25.9. The third-order valence-electron chi connectivity index (χ3n) is 4.89. The van der Waals surface area contributed by atoms with Crippen molar-refractivity contribution in [2.45, 2.75) is 51.1 Å². The van der Waals surface area contributed by atoms with Crippen LogP contribution in [0.3, 0.4) is 0 Å². The van der Waals surface area contributed by atoms with Crippen LogP contribution in [-0.2, 0) is 22.8 Å². The average molecular weight is 311 g/mol. The third-order valence-corrected chi connectivity index (χ3v) is 6.64. The second-order valence-electron chi connectivity index (χ2n) is 6.68. The van der Waals surface area contributed by atoms with Gasteiger partial charge in [0, 0.05) is 30.9 Å². The predicted octanol–water partition coefficient (Wildman–Crippen LogP) is 1.76. The van der Waals surface area contributed by atoms with E-state index < -0.39 is 9.84 Å². The number of hydrogen-bond acceptors (Lipinski definition) is 4. The van der Waals surface area contributed by atoms with E-state index >= 15 is 0 Å². The van der Waals surface area contributed by atoms with Gasteiger partial charge in [0.05, 0.1) is 11.5 Å². The Labute approximate surface area is 127 Å². The molecule has 1 aromatic heterocycles. The van der Waals surface area contributed by atoms with Crippen LogP contribution in [0.4, 0.5) is 0 Å². The van der Waals surface area contributed by atoms with E-state index in [-0.39, 0.29) is 6.04 Å². The number of sulfone groups is 1. The molecule has 1 N–H and O–H groups in total. The summed E-state index contributed by atoms with van der Waals surface area (Å²) >= 11 is 0. The van der Waals surface area contributed by atoms with Crippen LogP contribution >= 0.6 is 0 Å². The summed E-state index contributed by atoms with van der Waals surface area (Å²) in [5.41, 5.74) is 1.09. The minimum atomic E-state index is -2.81. The van der Waals surface area contributed by atoms with E-state index in [0.717, 1.165) is 36.8 Å². The Morgan fingerprint density at radius 2 is 2.10 bits per heavy atom. The van der Waals surface area contributed by atoms with Crippen LogP contribution in [0.2, 0.25) is 0 Å². The molecule has 1 aromatic rings. The van der Waals surface area contributed by atoms with Gasteiger partial charge in [-0.3, -0.25) is 4.90 Å². The fourth-order valence-electron chi connectivity index (χ4n) is 3.60. The Morgan fingerprint density at radius 3 is 2.76 bits per heavy atom. The molecule has 0 aromatic carbocycles. The van der Waals surface area contributed by atoms with Crippen molar-refractivity contribution in [2.75, 3.05) is 18.6 Å². The smallest absolute Gasteiger partial charge is 0.151 e. The van der Waals surface area contributed by atoms with E-state index in [1.54, 1.807) is 0 Å². The Hall–Kier alpha value is -0.880. The van der Waals surface area contributed by atoms with E-state index in [9.17, 15) is 8.42 Å². The second kappa shape index (κ2) is 6.08. The minimum Gasteiger partial charge on any atom is -0.345 e. The molecule has 1 aliphatic heterocycles. The van der Waals surface area contributed by atoms with Crippen molar-refractivity contribution in [1.82, 2.24) is 14.9 Å². The molecule has 0 spiro atoms. The summed E-state index contributed by atoms with van der Waals surface area (Å²) in [5.74, 6) is 2.51. The largest absolute Gasteiger partial charge is 0.345 e. The van der Waals surface area contributed by atoms with Gasteiger partial charge in [0.15, 0.2) is 9.84 Å². The first-order chi connectivity index (χ1) is 10.0. The Kier molecular flexibility index (Phi) is 4.36. The minimum absolute atomic E-state index is 0.150. The third kappa shape index (κ3) is 3.86. The van der Waals surface area contributed by atoms with Crippen LogP contribution < -0.4 is 0 Å². The quantitative estimate of drug-likeness (QED) is 0.900. The van der Waals surface area contributed by atoms with E-state index in [2.05, 4.69) is 14.9 Å². The van der Waals surface area contributed by atoms with E-state index in [0.29, 0.717) is 11.5 Å². The van der Waals surface area contributed by atoms with Gasteiger partial charge in [-0.1, -0.05) is 25.7 Å². The highest BCUT2D eigenvalue weighted by Crippen LogP contribution is 2.27. The molecular weight excluding hydrogens is 286 g/mol. The van der Waals surface area contributed by atoms with Crippen LogP contribution in [0.25, 0.3) is 0 Å². The monoisotopic (exact) mass is 311 g/mol. The molecule has 118 valence electrons. The zero-order valence-corrected chi connectivity index (χ0v) is 13.5. The summed E-state index contributed by atoms with van der Waals surface area (Å²) in [6, 6.07) is 0.150. The summed E-state index contributed by atoms with van der Waals surface area (Å²) in [7, 11) is -0.808. The van der Waals surface area contributed by atoms with Gasteiger partial charge in [0.1, 0.15) is 5.82 Å². The van der Waals surface area contributed by atoms with E-state index in [1.807, 2.05) is 13.2 Å². The zero-order chi connectivity index (χ0) is 14.9. The fraction of sp³-hybridized carbons (Fsp3) is 0.800. The molecule has 0 bridgehead atoms. The van der Waals surface area contributed by atoms with Crippen molar-refractivity contribution in [3.63, 3.8) is 0 Å². The van der Waals surface area contributed by atoms with Gasteiger partial charge in [-0.05, 0) is 19.4 Å². The predicted molar refractivity (Wildman–Crippen MR) is 82.8 cm³/mol. The molecule has 2 aliphatic rings. The summed E-state index contributed by atoms with van der Waals surface area (Å²) in [6.45, 7) is 0.748. The first-order valence-corrected chi connectivity index (χ1v) is 9.77. The molecule has 1 saturated carbocycles. The van der Waals surface area contributed by atoms with Gasteiger partial charge in [-0.25, -0.2) is 13.4 Å². The molecule has 1 atom stereocenters. The second-order valence-corrected chi connectivity index (χ2v) is 8.91. The maximum atomic E-state index is 11.5. The maximum Gasteiger partial charge on any atom is 0.151 e. The molecule has 2 fully saturated rings.